The number of thioether (sulfide) groups is 1. The highest BCUT2D eigenvalue weighted by Gasteiger charge is 2.05. The normalized spacial score (nSPS) is 11.0. The summed E-state index contributed by atoms with van der Waals surface area (Å²) in [5, 5.41) is 2.67. The van der Waals surface area contributed by atoms with Gasteiger partial charge >= 0.3 is 0 Å². The highest BCUT2D eigenvalue weighted by atomic mass is 32.2. The van der Waals surface area contributed by atoms with Gasteiger partial charge in [0.05, 0.1) is 7.11 Å². The molecule has 0 saturated carbocycles. The standard InChI is InChI=1S/C17H15F2NO2S/c1-22-14-7-2-12(3-8-14)4-11-16(21)20-13-5-9-15(10-6-13)23-17(18)19/h2-11,17H,1H3,(H,20,21)/b11-4+. The maximum absolute atomic E-state index is 12.2. The average molecular weight is 335 g/mol. The molecule has 0 unspecified atom stereocenters. The minimum atomic E-state index is -2.46. The van der Waals surface area contributed by atoms with E-state index in [1.807, 2.05) is 12.1 Å². The number of nitrogens with one attached hydrogen (secondary N) is 1. The molecule has 0 aromatic heterocycles. The predicted molar refractivity (Wildman–Crippen MR) is 89.0 cm³/mol. The minimum Gasteiger partial charge on any atom is -0.497 e. The smallest absolute Gasteiger partial charge is 0.288 e. The van der Waals surface area contributed by atoms with E-state index in [2.05, 4.69) is 5.32 Å². The van der Waals surface area contributed by atoms with E-state index in [9.17, 15) is 13.6 Å². The lowest BCUT2D eigenvalue weighted by Crippen LogP contribution is -2.07. The number of rotatable bonds is 6. The van der Waals surface area contributed by atoms with Gasteiger partial charge in [-0.15, -0.1) is 0 Å². The number of benzene rings is 2. The van der Waals surface area contributed by atoms with E-state index in [-0.39, 0.29) is 5.91 Å². The average Bonchev–Trinajstić information content (AvgIpc) is 2.55. The highest BCUT2D eigenvalue weighted by Crippen LogP contribution is 2.26. The Kier molecular flexibility index (Phi) is 6.17. The van der Waals surface area contributed by atoms with Gasteiger partial charge in [-0.1, -0.05) is 23.9 Å². The second-order valence-corrected chi connectivity index (χ2v) is 5.56. The zero-order valence-electron chi connectivity index (χ0n) is 12.3. The molecule has 120 valence electrons. The van der Waals surface area contributed by atoms with E-state index in [4.69, 9.17) is 4.74 Å². The molecule has 2 aromatic carbocycles. The van der Waals surface area contributed by atoms with Crippen LogP contribution in [0.2, 0.25) is 0 Å². The Morgan fingerprint density at radius 2 is 1.78 bits per heavy atom. The van der Waals surface area contributed by atoms with E-state index in [0.29, 0.717) is 22.3 Å². The van der Waals surface area contributed by atoms with Crippen LogP contribution in [-0.4, -0.2) is 18.8 Å². The van der Waals surface area contributed by atoms with Crippen molar-refractivity contribution in [2.75, 3.05) is 12.4 Å². The zero-order valence-corrected chi connectivity index (χ0v) is 13.1. The molecule has 0 fully saturated rings. The molecule has 3 nitrogen and oxygen atoms in total. The minimum absolute atomic E-state index is 0.296. The first-order valence-electron chi connectivity index (χ1n) is 6.75. The van der Waals surface area contributed by atoms with Crippen molar-refractivity contribution in [3.63, 3.8) is 0 Å². The molecule has 0 saturated heterocycles. The van der Waals surface area contributed by atoms with Crippen molar-refractivity contribution in [2.45, 2.75) is 10.7 Å². The van der Waals surface area contributed by atoms with Crippen molar-refractivity contribution in [1.82, 2.24) is 0 Å². The van der Waals surface area contributed by atoms with Crippen LogP contribution < -0.4 is 10.1 Å². The number of methoxy groups -OCH3 is 1. The number of carbonyl (C=O) groups excluding carboxylic acids is 1. The Hall–Kier alpha value is -2.34. The molecule has 0 aliphatic carbocycles. The summed E-state index contributed by atoms with van der Waals surface area (Å²) in [6.45, 7) is 0. The third-order valence-corrected chi connectivity index (χ3v) is 3.61. The van der Waals surface area contributed by atoms with Gasteiger partial charge in [-0.05, 0) is 48.0 Å². The van der Waals surface area contributed by atoms with E-state index in [1.165, 1.54) is 6.08 Å². The van der Waals surface area contributed by atoms with E-state index in [1.54, 1.807) is 49.6 Å². The molecule has 2 aromatic rings. The molecule has 1 amide bonds. The van der Waals surface area contributed by atoms with Crippen LogP contribution >= 0.6 is 11.8 Å². The van der Waals surface area contributed by atoms with Crippen LogP contribution in [0.5, 0.6) is 5.75 Å². The summed E-state index contributed by atoms with van der Waals surface area (Å²) >= 11 is 0.466. The fourth-order valence-electron chi connectivity index (χ4n) is 1.79. The molecule has 23 heavy (non-hydrogen) atoms. The van der Waals surface area contributed by atoms with Crippen molar-refractivity contribution >= 4 is 29.4 Å². The summed E-state index contributed by atoms with van der Waals surface area (Å²) in [6.07, 6.45) is 3.08. The van der Waals surface area contributed by atoms with Crippen molar-refractivity contribution in [2.24, 2.45) is 0 Å². The monoisotopic (exact) mass is 335 g/mol. The van der Waals surface area contributed by atoms with Crippen LogP contribution in [0.1, 0.15) is 5.56 Å². The first-order chi connectivity index (χ1) is 11.1. The van der Waals surface area contributed by atoms with Crippen LogP contribution in [0.25, 0.3) is 6.08 Å². The molecule has 0 heterocycles. The number of alkyl halides is 2. The van der Waals surface area contributed by atoms with Gasteiger partial charge in [0.2, 0.25) is 5.91 Å². The fraction of sp³-hybridized carbons (Fsp3) is 0.118. The second-order valence-electron chi connectivity index (χ2n) is 4.50. The number of carbonyl (C=O) groups is 1. The van der Waals surface area contributed by atoms with Crippen molar-refractivity contribution in [3.8, 4) is 5.75 Å². The molecule has 1 N–H and O–H groups in total. The molecule has 0 bridgehead atoms. The molecular formula is C17H15F2NO2S. The van der Waals surface area contributed by atoms with Crippen LogP contribution in [0.3, 0.4) is 0 Å². The summed E-state index contributed by atoms with van der Waals surface area (Å²) in [5.74, 6) is -2.01. The maximum atomic E-state index is 12.2. The molecular weight excluding hydrogens is 320 g/mol. The summed E-state index contributed by atoms with van der Waals surface area (Å²) in [6, 6.07) is 13.5. The molecule has 0 radical (unpaired) electrons. The predicted octanol–water partition coefficient (Wildman–Crippen LogP) is 4.66. The van der Waals surface area contributed by atoms with E-state index in [0.717, 1.165) is 11.3 Å². The van der Waals surface area contributed by atoms with Gasteiger partial charge in [0.1, 0.15) is 5.75 Å². The Morgan fingerprint density at radius 1 is 1.13 bits per heavy atom. The van der Waals surface area contributed by atoms with Crippen molar-refractivity contribution < 1.29 is 18.3 Å². The third kappa shape index (κ3) is 5.75. The molecule has 0 aliphatic heterocycles. The largest absolute Gasteiger partial charge is 0.497 e. The van der Waals surface area contributed by atoms with Gasteiger partial charge in [0.25, 0.3) is 5.76 Å². The first kappa shape index (κ1) is 17.0. The number of amides is 1. The summed E-state index contributed by atoms with van der Waals surface area (Å²) < 4.78 is 29.5. The quantitative estimate of drug-likeness (QED) is 0.616. The van der Waals surface area contributed by atoms with Crippen LogP contribution in [0, 0.1) is 0 Å². The van der Waals surface area contributed by atoms with Gasteiger partial charge in [0.15, 0.2) is 0 Å². The Morgan fingerprint density at radius 3 is 2.35 bits per heavy atom. The number of anilines is 1. The topological polar surface area (TPSA) is 38.3 Å². The molecule has 6 heteroatoms. The summed E-state index contributed by atoms with van der Waals surface area (Å²) in [4.78, 5) is 12.3. The number of ether oxygens (including phenoxy) is 1. The van der Waals surface area contributed by atoms with Gasteiger partial charge in [0, 0.05) is 16.7 Å². The summed E-state index contributed by atoms with van der Waals surface area (Å²) in [5.41, 5.74) is 1.41. The van der Waals surface area contributed by atoms with Gasteiger partial charge in [-0.2, -0.15) is 8.78 Å². The number of halogens is 2. The fourth-order valence-corrected chi connectivity index (χ4v) is 2.29. The van der Waals surface area contributed by atoms with Crippen molar-refractivity contribution in [3.05, 3.63) is 60.2 Å². The number of hydrogen-bond donors (Lipinski definition) is 1. The lowest BCUT2D eigenvalue weighted by Gasteiger charge is -2.04. The Balaban J connectivity index is 1.91. The summed E-state index contributed by atoms with van der Waals surface area (Å²) in [7, 11) is 1.59. The van der Waals surface area contributed by atoms with Crippen LogP contribution in [0.4, 0.5) is 14.5 Å². The van der Waals surface area contributed by atoms with Crippen molar-refractivity contribution in [1.29, 1.82) is 0 Å². The molecule has 0 spiro atoms. The first-order valence-corrected chi connectivity index (χ1v) is 7.63. The second kappa shape index (κ2) is 8.33. The Labute approximate surface area is 137 Å². The third-order valence-electron chi connectivity index (χ3n) is 2.89. The van der Waals surface area contributed by atoms with E-state index >= 15 is 0 Å². The molecule has 0 atom stereocenters. The van der Waals surface area contributed by atoms with Gasteiger partial charge in [-0.3, -0.25) is 4.79 Å². The lowest BCUT2D eigenvalue weighted by molar-refractivity contribution is -0.111. The molecule has 0 aliphatic rings. The highest BCUT2D eigenvalue weighted by molar-refractivity contribution is 7.99. The lowest BCUT2D eigenvalue weighted by atomic mass is 10.2. The van der Waals surface area contributed by atoms with Crippen LogP contribution in [0.15, 0.2) is 59.5 Å². The van der Waals surface area contributed by atoms with E-state index < -0.39 is 5.76 Å². The van der Waals surface area contributed by atoms with Gasteiger partial charge in [-0.25, -0.2) is 0 Å². The van der Waals surface area contributed by atoms with Gasteiger partial charge < -0.3 is 10.1 Å². The van der Waals surface area contributed by atoms with Crippen LogP contribution in [-0.2, 0) is 4.79 Å². The maximum Gasteiger partial charge on any atom is 0.288 e. The Bertz CT molecular complexity index is 670. The molecule has 2 rings (SSSR count). The number of hydrogen-bond acceptors (Lipinski definition) is 3. The zero-order chi connectivity index (χ0) is 16.7. The SMILES string of the molecule is COc1ccc(/C=C/C(=O)Nc2ccc(SC(F)F)cc2)cc1.